The summed E-state index contributed by atoms with van der Waals surface area (Å²) in [5.41, 5.74) is 1.93. The first kappa shape index (κ1) is 15.9. The van der Waals surface area contributed by atoms with Gasteiger partial charge in [-0.3, -0.25) is 0 Å². The highest BCUT2D eigenvalue weighted by Gasteiger charge is 2.45. The molecule has 1 saturated heterocycles. The van der Waals surface area contributed by atoms with Gasteiger partial charge in [0.15, 0.2) is 5.82 Å². The molecule has 2 fully saturated rings. The van der Waals surface area contributed by atoms with Crippen LogP contribution in [-0.2, 0) is 16.8 Å². The molecule has 1 atom stereocenters. The summed E-state index contributed by atoms with van der Waals surface area (Å²) in [5, 5.41) is 3.37. The summed E-state index contributed by atoms with van der Waals surface area (Å²) in [6.45, 7) is 3.62. The lowest BCUT2D eigenvalue weighted by Crippen LogP contribution is -2.41. The molecule has 0 aromatic carbocycles. The summed E-state index contributed by atoms with van der Waals surface area (Å²) in [6, 6.07) is 0. The molecule has 1 N–H and O–H groups in total. The first-order valence-corrected chi connectivity index (χ1v) is 9.12. The fourth-order valence-corrected chi connectivity index (χ4v) is 3.86. The van der Waals surface area contributed by atoms with Crippen LogP contribution < -0.4 is 10.2 Å². The summed E-state index contributed by atoms with van der Waals surface area (Å²) < 4.78 is 19.0. The Morgan fingerprint density at radius 3 is 2.88 bits per heavy atom. The van der Waals surface area contributed by atoms with Crippen molar-refractivity contribution in [2.45, 2.75) is 31.3 Å². The van der Waals surface area contributed by atoms with Gasteiger partial charge in [0.2, 0.25) is 11.9 Å². The van der Waals surface area contributed by atoms with E-state index in [0.717, 1.165) is 36.7 Å². The third kappa shape index (κ3) is 2.88. The number of ether oxygens (including phenoxy) is 1. The number of fused-ring (bicyclic) bond motifs is 2. The predicted molar refractivity (Wildman–Crippen MR) is 93.4 cm³/mol. The zero-order chi connectivity index (χ0) is 17.6. The summed E-state index contributed by atoms with van der Waals surface area (Å²) in [5.74, 6) is 1.60. The number of anilines is 2. The van der Waals surface area contributed by atoms with Crippen LogP contribution in [0.3, 0.4) is 0 Å². The van der Waals surface area contributed by atoms with E-state index in [1.807, 2.05) is 6.20 Å². The Kier molecular flexibility index (Phi) is 3.74. The normalized spacial score (nSPS) is 24.7. The molecule has 136 valence electrons. The minimum atomic E-state index is -0.423. The molecule has 1 aliphatic carbocycles. The van der Waals surface area contributed by atoms with E-state index >= 15 is 0 Å². The number of rotatable bonds is 4. The summed E-state index contributed by atoms with van der Waals surface area (Å²) in [7, 11) is 0. The van der Waals surface area contributed by atoms with Gasteiger partial charge in [-0.15, -0.1) is 0 Å². The van der Waals surface area contributed by atoms with Crippen LogP contribution in [0, 0.1) is 11.7 Å². The van der Waals surface area contributed by atoms with E-state index in [1.54, 1.807) is 0 Å². The second-order valence-electron chi connectivity index (χ2n) is 7.54. The maximum absolute atomic E-state index is 13.1. The predicted octanol–water partition coefficient (Wildman–Crippen LogP) is 1.91. The number of hydrogen-bond donors (Lipinski definition) is 1. The SMILES string of the molecule is Fc1cnc(N2CC[C@]3(COCc4cnc(NCC5CC5)nc43)C2)nc1. The van der Waals surface area contributed by atoms with Crippen molar-refractivity contribution in [3.05, 3.63) is 35.7 Å². The zero-order valence-electron chi connectivity index (χ0n) is 14.5. The van der Waals surface area contributed by atoms with Crippen molar-refractivity contribution in [3.8, 4) is 0 Å². The van der Waals surface area contributed by atoms with E-state index in [2.05, 4.69) is 25.2 Å². The van der Waals surface area contributed by atoms with E-state index in [0.29, 0.717) is 31.7 Å². The van der Waals surface area contributed by atoms with E-state index < -0.39 is 5.82 Å². The van der Waals surface area contributed by atoms with Gasteiger partial charge in [-0.05, 0) is 25.2 Å². The minimum absolute atomic E-state index is 0.190. The van der Waals surface area contributed by atoms with Crippen molar-refractivity contribution in [2.75, 3.05) is 36.5 Å². The maximum atomic E-state index is 13.1. The second-order valence-corrected chi connectivity index (χ2v) is 7.54. The van der Waals surface area contributed by atoms with Gasteiger partial charge in [-0.2, -0.15) is 0 Å². The number of nitrogens with zero attached hydrogens (tertiary/aromatic N) is 5. The average molecular weight is 356 g/mol. The molecule has 1 spiro atoms. The van der Waals surface area contributed by atoms with Crippen molar-refractivity contribution in [3.63, 3.8) is 0 Å². The second kappa shape index (κ2) is 6.12. The molecule has 0 bridgehead atoms. The summed E-state index contributed by atoms with van der Waals surface area (Å²) in [4.78, 5) is 19.6. The number of hydrogen-bond acceptors (Lipinski definition) is 7. The quantitative estimate of drug-likeness (QED) is 0.897. The van der Waals surface area contributed by atoms with Crippen LogP contribution in [0.2, 0.25) is 0 Å². The molecule has 2 aliphatic heterocycles. The Balaban J connectivity index is 1.41. The lowest BCUT2D eigenvalue weighted by Gasteiger charge is -2.34. The highest BCUT2D eigenvalue weighted by atomic mass is 19.1. The number of halogens is 1. The fraction of sp³-hybridized carbons (Fsp3) is 0.556. The van der Waals surface area contributed by atoms with Crippen molar-refractivity contribution < 1.29 is 9.13 Å². The Morgan fingerprint density at radius 2 is 2.08 bits per heavy atom. The third-order valence-electron chi connectivity index (χ3n) is 5.49. The van der Waals surface area contributed by atoms with Gasteiger partial charge in [0.05, 0.1) is 36.7 Å². The molecule has 7 nitrogen and oxygen atoms in total. The van der Waals surface area contributed by atoms with Crippen LogP contribution in [0.4, 0.5) is 16.3 Å². The Morgan fingerprint density at radius 1 is 1.23 bits per heavy atom. The van der Waals surface area contributed by atoms with Gasteiger partial charge in [0.25, 0.3) is 0 Å². The molecule has 0 amide bonds. The van der Waals surface area contributed by atoms with E-state index in [4.69, 9.17) is 9.72 Å². The highest BCUT2D eigenvalue weighted by molar-refractivity contribution is 5.42. The standard InChI is InChI=1S/C18H21FN6O/c19-14-7-22-17(23-8-14)25-4-3-18(10-25)11-26-9-13-6-21-16(24-15(13)18)20-5-12-1-2-12/h6-8,12H,1-5,9-11H2,(H,20,21,24)/t18-/m1/s1. The molecular weight excluding hydrogens is 335 g/mol. The van der Waals surface area contributed by atoms with Crippen molar-refractivity contribution in [1.29, 1.82) is 0 Å². The molecule has 2 aromatic rings. The first-order chi connectivity index (χ1) is 12.7. The van der Waals surface area contributed by atoms with Crippen LogP contribution in [0.5, 0.6) is 0 Å². The molecule has 26 heavy (non-hydrogen) atoms. The molecule has 4 heterocycles. The van der Waals surface area contributed by atoms with E-state index in [9.17, 15) is 4.39 Å². The lowest BCUT2D eigenvalue weighted by molar-refractivity contribution is 0.0557. The van der Waals surface area contributed by atoms with Crippen LogP contribution in [0.1, 0.15) is 30.5 Å². The Bertz CT molecular complexity index is 812. The Hall–Kier alpha value is -2.35. The van der Waals surface area contributed by atoms with Gasteiger partial charge in [-0.1, -0.05) is 0 Å². The van der Waals surface area contributed by atoms with E-state index in [1.165, 1.54) is 25.2 Å². The molecular formula is C18H21FN6O. The zero-order valence-corrected chi connectivity index (χ0v) is 14.5. The van der Waals surface area contributed by atoms with E-state index in [-0.39, 0.29) is 5.41 Å². The van der Waals surface area contributed by atoms with Crippen LogP contribution in [0.25, 0.3) is 0 Å². The highest BCUT2D eigenvalue weighted by Crippen LogP contribution is 2.40. The number of nitrogens with one attached hydrogen (secondary N) is 1. The summed E-state index contributed by atoms with van der Waals surface area (Å²) >= 11 is 0. The lowest BCUT2D eigenvalue weighted by atomic mass is 9.81. The first-order valence-electron chi connectivity index (χ1n) is 9.12. The van der Waals surface area contributed by atoms with Gasteiger partial charge in [-0.25, -0.2) is 24.3 Å². The third-order valence-corrected chi connectivity index (χ3v) is 5.49. The van der Waals surface area contributed by atoms with Gasteiger partial charge >= 0.3 is 0 Å². The van der Waals surface area contributed by atoms with Gasteiger partial charge < -0.3 is 15.0 Å². The van der Waals surface area contributed by atoms with Crippen molar-refractivity contribution in [2.24, 2.45) is 5.92 Å². The minimum Gasteiger partial charge on any atom is -0.376 e. The average Bonchev–Trinajstić information content (AvgIpc) is 3.41. The van der Waals surface area contributed by atoms with Crippen molar-refractivity contribution in [1.82, 2.24) is 19.9 Å². The molecule has 1 saturated carbocycles. The van der Waals surface area contributed by atoms with Crippen LogP contribution >= 0.6 is 0 Å². The van der Waals surface area contributed by atoms with Crippen LogP contribution in [-0.4, -0.2) is 46.2 Å². The molecule has 0 radical (unpaired) electrons. The van der Waals surface area contributed by atoms with Crippen molar-refractivity contribution >= 4 is 11.9 Å². The molecule has 8 heteroatoms. The molecule has 3 aliphatic rings. The van der Waals surface area contributed by atoms with Gasteiger partial charge in [0.1, 0.15) is 0 Å². The molecule has 0 unspecified atom stereocenters. The molecule has 2 aromatic heterocycles. The van der Waals surface area contributed by atoms with Crippen LogP contribution in [0.15, 0.2) is 18.6 Å². The summed E-state index contributed by atoms with van der Waals surface area (Å²) in [6.07, 6.45) is 7.79. The largest absolute Gasteiger partial charge is 0.376 e. The van der Waals surface area contributed by atoms with Gasteiger partial charge in [0, 0.05) is 31.4 Å². The monoisotopic (exact) mass is 356 g/mol. The maximum Gasteiger partial charge on any atom is 0.225 e. The smallest absolute Gasteiger partial charge is 0.225 e. The topological polar surface area (TPSA) is 76.1 Å². The fourth-order valence-electron chi connectivity index (χ4n) is 3.86. The molecule has 5 rings (SSSR count). The Labute approximate surface area is 151 Å². The number of aromatic nitrogens is 4.